The van der Waals surface area contributed by atoms with Crippen molar-refractivity contribution < 1.29 is 0 Å². The van der Waals surface area contributed by atoms with Gasteiger partial charge in [-0.05, 0) is 32.5 Å². The maximum atomic E-state index is 7.32. The Morgan fingerprint density at radius 1 is 1.40 bits per heavy atom. The van der Waals surface area contributed by atoms with Gasteiger partial charge in [0.25, 0.3) is 0 Å². The van der Waals surface area contributed by atoms with Gasteiger partial charge in [0.05, 0.1) is 6.07 Å². The van der Waals surface area contributed by atoms with Crippen LogP contribution in [0.2, 0.25) is 0 Å². The normalized spacial score (nSPS) is 17.3. The van der Waals surface area contributed by atoms with Gasteiger partial charge in [0.2, 0.25) is 0 Å². The van der Waals surface area contributed by atoms with Gasteiger partial charge in [-0.15, -0.1) is 0 Å². The lowest BCUT2D eigenvalue weighted by Gasteiger charge is -2.08. The second-order valence-corrected chi connectivity index (χ2v) is 2.36. The maximum absolute atomic E-state index is 7.32. The van der Waals surface area contributed by atoms with E-state index in [-0.39, 0.29) is 0 Å². The van der Waals surface area contributed by atoms with Crippen molar-refractivity contribution in [3.63, 3.8) is 0 Å². The highest BCUT2D eigenvalue weighted by molar-refractivity contribution is 4.62. The molecule has 0 saturated carbocycles. The van der Waals surface area contributed by atoms with E-state index in [1.165, 1.54) is 39.4 Å². The summed E-state index contributed by atoms with van der Waals surface area (Å²) in [7, 11) is 0. The molecule has 1 heterocycles. The van der Waals surface area contributed by atoms with E-state index in [1.54, 1.807) is 6.07 Å². The van der Waals surface area contributed by atoms with Crippen molar-refractivity contribution in [3.8, 4) is 6.07 Å². The predicted octanol–water partition coefficient (Wildman–Crippen LogP) is 1.63. The monoisotopic (exact) mass is 140 g/mol. The van der Waals surface area contributed by atoms with E-state index in [0.717, 1.165) is 0 Å². The molecule has 0 N–H and O–H groups in total. The smallest absolute Gasteiger partial charge is 0.0587 e. The Bertz CT molecular complexity index is 98.3. The zero-order chi connectivity index (χ0) is 7.82. The van der Waals surface area contributed by atoms with Crippen LogP contribution < -0.4 is 0 Å². The van der Waals surface area contributed by atoms with Crippen LogP contribution in [0.1, 0.15) is 26.7 Å². The lowest BCUT2D eigenvalue weighted by Crippen LogP contribution is -2.17. The van der Waals surface area contributed by atoms with Crippen molar-refractivity contribution in [2.45, 2.75) is 26.7 Å². The lowest BCUT2D eigenvalue weighted by atomic mass is 10.4. The van der Waals surface area contributed by atoms with Crippen molar-refractivity contribution in [2.24, 2.45) is 0 Å². The fraction of sp³-hybridized carbons (Fsp3) is 0.875. The zero-order valence-electron chi connectivity index (χ0n) is 6.93. The SMILES string of the molecule is CC#N.CCN1CCCC1. The molecular formula is C8H16N2. The molecule has 0 spiro atoms. The largest absolute Gasteiger partial charge is 0.304 e. The van der Waals surface area contributed by atoms with Crippen molar-refractivity contribution in [1.82, 2.24) is 4.90 Å². The fourth-order valence-corrected chi connectivity index (χ4v) is 1.10. The number of hydrogen-bond acceptors (Lipinski definition) is 2. The molecule has 0 atom stereocenters. The first kappa shape index (κ1) is 9.45. The number of nitriles is 1. The summed E-state index contributed by atoms with van der Waals surface area (Å²) in [4.78, 5) is 2.49. The molecule has 0 aromatic carbocycles. The molecule has 0 amide bonds. The molecule has 1 aliphatic rings. The summed E-state index contributed by atoms with van der Waals surface area (Å²) in [6.45, 7) is 7.60. The summed E-state index contributed by atoms with van der Waals surface area (Å²) in [5.74, 6) is 0. The van der Waals surface area contributed by atoms with E-state index in [4.69, 9.17) is 5.26 Å². The number of likely N-dealkylation sites (tertiary alicyclic amines) is 1. The lowest BCUT2D eigenvalue weighted by molar-refractivity contribution is 0.359. The Hall–Kier alpha value is -0.550. The highest BCUT2D eigenvalue weighted by Gasteiger charge is 2.06. The van der Waals surface area contributed by atoms with Crippen LogP contribution >= 0.6 is 0 Å². The number of hydrogen-bond donors (Lipinski definition) is 0. The van der Waals surface area contributed by atoms with Crippen molar-refractivity contribution in [1.29, 1.82) is 5.26 Å². The van der Waals surface area contributed by atoms with Crippen molar-refractivity contribution in [2.75, 3.05) is 19.6 Å². The molecule has 0 aromatic heterocycles. The van der Waals surface area contributed by atoms with Crippen LogP contribution in [-0.4, -0.2) is 24.5 Å². The summed E-state index contributed by atoms with van der Waals surface area (Å²) >= 11 is 0. The second-order valence-electron chi connectivity index (χ2n) is 2.36. The number of nitrogens with zero attached hydrogens (tertiary/aromatic N) is 2. The Morgan fingerprint density at radius 3 is 2.00 bits per heavy atom. The minimum atomic E-state index is 1.25. The minimum absolute atomic E-state index is 1.25. The van der Waals surface area contributed by atoms with Gasteiger partial charge in [0.1, 0.15) is 0 Å². The zero-order valence-corrected chi connectivity index (χ0v) is 6.93. The third-order valence-corrected chi connectivity index (χ3v) is 1.65. The second kappa shape index (κ2) is 6.57. The topological polar surface area (TPSA) is 27.0 Å². The van der Waals surface area contributed by atoms with Gasteiger partial charge in [-0.25, -0.2) is 0 Å². The van der Waals surface area contributed by atoms with Gasteiger partial charge in [-0.2, -0.15) is 5.26 Å². The molecule has 58 valence electrons. The predicted molar refractivity (Wildman–Crippen MR) is 42.6 cm³/mol. The van der Waals surface area contributed by atoms with Crippen LogP contribution in [-0.2, 0) is 0 Å². The first-order chi connectivity index (χ1) is 4.85. The Morgan fingerprint density at radius 2 is 1.80 bits per heavy atom. The van der Waals surface area contributed by atoms with Gasteiger partial charge in [-0.3, -0.25) is 0 Å². The van der Waals surface area contributed by atoms with E-state index in [2.05, 4.69) is 11.8 Å². The van der Waals surface area contributed by atoms with Crippen LogP contribution in [0.15, 0.2) is 0 Å². The molecule has 1 fully saturated rings. The van der Waals surface area contributed by atoms with E-state index in [1.807, 2.05) is 0 Å². The Labute approximate surface area is 63.4 Å². The summed E-state index contributed by atoms with van der Waals surface area (Å²) in [6, 6.07) is 1.75. The molecule has 2 heteroatoms. The summed E-state index contributed by atoms with van der Waals surface area (Å²) in [5.41, 5.74) is 0. The molecule has 0 radical (unpaired) electrons. The first-order valence-corrected chi connectivity index (χ1v) is 3.88. The van der Waals surface area contributed by atoms with Crippen LogP contribution in [0.5, 0.6) is 0 Å². The molecule has 1 aliphatic heterocycles. The van der Waals surface area contributed by atoms with Crippen molar-refractivity contribution in [3.05, 3.63) is 0 Å². The molecule has 0 aromatic rings. The average Bonchev–Trinajstić information content (AvgIpc) is 2.39. The van der Waals surface area contributed by atoms with Crippen molar-refractivity contribution >= 4 is 0 Å². The van der Waals surface area contributed by atoms with Crippen LogP contribution in [0, 0.1) is 11.3 Å². The van der Waals surface area contributed by atoms with Gasteiger partial charge < -0.3 is 4.90 Å². The Balaban J connectivity index is 0.000000236. The molecule has 1 saturated heterocycles. The molecule has 0 unspecified atom stereocenters. The summed E-state index contributed by atoms with van der Waals surface area (Å²) in [6.07, 6.45) is 2.85. The average molecular weight is 140 g/mol. The van der Waals surface area contributed by atoms with E-state index in [0.29, 0.717) is 0 Å². The summed E-state index contributed by atoms with van der Waals surface area (Å²) in [5, 5.41) is 7.32. The number of rotatable bonds is 1. The molecular weight excluding hydrogens is 124 g/mol. The quantitative estimate of drug-likeness (QED) is 0.553. The van der Waals surface area contributed by atoms with Crippen LogP contribution in [0.25, 0.3) is 0 Å². The van der Waals surface area contributed by atoms with Gasteiger partial charge in [0, 0.05) is 6.92 Å². The van der Waals surface area contributed by atoms with E-state index in [9.17, 15) is 0 Å². The standard InChI is InChI=1S/C6H13N.C2H3N/c1-2-7-5-3-4-6-7;1-2-3/h2-6H2,1H3;1H3. The highest BCUT2D eigenvalue weighted by Crippen LogP contribution is 2.04. The van der Waals surface area contributed by atoms with Gasteiger partial charge >= 0.3 is 0 Å². The molecule has 0 bridgehead atoms. The summed E-state index contributed by atoms with van der Waals surface area (Å²) < 4.78 is 0. The van der Waals surface area contributed by atoms with E-state index >= 15 is 0 Å². The van der Waals surface area contributed by atoms with Crippen LogP contribution in [0.4, 0.5) is 0 Å². The van der Waals surface area contributed by atoms with Gasteiger partial charge in [0.15, 0.2) is 0 Å². The van der Waals surface area contributed by atoms with E-state index < -0.39 is 0 Å². The maximum Gasteiger partial charge on any atom is 0.0587 e. The first-order valence-electron chi connectivity index (χ1n) is 3.88. The molecule has 0 aliphatic carbocycles. The third kappa shape index (κ3) is 4.34. The Kier molecular flexibility index (Phi) is 6.21. The minimum Gasteiger partial charge on any atom is -0.304 e. The highest BCUT2D eigenvalue weighted by atomic mass is 15.1. The molecule has 1 rings (SSSR count). The molecule has 2 nitrogen and oxygen atoms in total. The molecule has 10 heavy (non-hydrogen) atoms. The fourth-order valence-electron chi connectivity index (χ4n) is 1.10. The van der Waals surface area contributed by atoms with Gasteiger partial charge in [-0.1, -0.05) is 6.92 Å². The van der Waals surface area contributed by atoms with Crippen LogP contribution in [0.3, 0.4) is 0 Å². The third-order valence-electron chi connectivity index (χ3n) is 1.65.